The van der Waals surface area contributed by atoms with Crippen LogP contribution in [0.1, 0.15) is 31.4 Å². The van der Waals surface area contributed by atoms with E-state index in [0.29, 0.717) is 11.8 Å². The molecule has 1 aliphatic rings. The van der Waals surface area contributed by atoms with Gasteiger partial charge in [0, 0.05) is 17.6 Å². The van der Waals surface area contributed by atoms with Crippen molar-refractivity contribution in [3.63, 3.8) is 0 Å². The number of hydrogen-bond acceptors (Lipinski definition) is 3. The summed E-state index contributed by atoms with van der Waals surface area (Å²) < 4.78 is 2.30. The van der Waals surface area contributed by atoms with Crippen molar-refractivity contribution in [2.45, 2.75) is 32.2 Å². The Morgan fingerprint density at radius 2 is 2.06 bits per heavy atom. The first-order chi connectivity index (χ1) is 8.71. The van der Waals surface area contributed by atoms with E-state index in [9.17, 15) is 5.11 Å². The molecule has 0 spiro atoms. The Morgan fingerprint density at radius 3 is 2.61 bits per heavy atom. The molecule has 0 radical (unpaired) electrons. The first kappa shape index (κ1) is 12.4. The van der Waals surface area contributed by atoms with Crippen molar-refractivity contribution in [1.82, 2.24) is 4.57 Å². The number of phenols is 1. The fraction of sp³-hybridized carbons (Fsp3) is 0.357. The van der Waals surface area contributed by atoms with E-state index >= 15 is 0 Å². The summed E-state index contributed by atoms with van der Waals surface area (Å²) in [6.45, 7) is 2.12. The lowest BCUT2D eigenvalue weighted by Gasteiger charge is -2.05. The third kappa shape index (κ3) is 2.29. The molecule has 94 valence electrons. The van der Waals surface area contributed by atoms with Gasteiger partial charge in [-0.2, -0.15) is 9.59 Å². The molecule has 1 aliphatic carbocycles. The minimum atomic E-state index is 0.250. The average Bonchev–Trinajstić information content (AvgIpc) is 3.10. The monoisotopic (exact) mass is 245 g/mol. The lowest BCUT2D eigenvalue weighted by molar-refractivity contribution is -0.191. The van der Waals surface area contributed by atoms with Crippen LogP contribution in [-0.2, 0) is 16.0 Å². The fourth-order valence-corrected chi connectivity index (χ4v) is 2.17. The van der Waals surface area contributed by atoms with Crippen LogP contribution in [0.4, 0.5) is 0 Å². The second-order valence-corrected chi connectivity index (χ2v) is 4.44. The third-order valence-electron chi connectivity index (χ3n) is 3.22. The number of carbonyl (C=O) groups excluding carboxylic acids is 2. The van der Waals surface area contributed by atoms with Gasteiger partial charge >= 0.3 is 6.15 Å². The zero-order valence-corrected chi connectivity index (χ0v) is 10.2. The molecule has 3 rings (SSSR count). The van der Waals surface area contributed by atoms with Gasteiger partial charge in [0.25, 0.3) is 0 Å². The van der Waals surface area contributed by atoms with Crippen molar-refractivity contribution in [2.24, 2.45) is 0 Å². The molecule has 2 aromatic rings. The second-order valence-electron chi connectivity index (χ2n) is 4.44. The topological polar surface area (TPSA) is 59.3 Å². The Kier molecular flexibility index (Phi) is 3.49. The molecule has 4 nitrogen and oxygen atoms in total. The number of nitrogens with zero attached hydrogens (tertiary/aromatic N) is 1. The number of aromatic nitrogens is 1. The summed E-state index contributed by atoms with van der Waals surface area (Å²) in [5.41, 5.74) is 2.40. The number of benzene rings is 1. The van der Waals surface area contributed by atoms with E-state index in [1.807, 2.05) is 12.1 Å². The zero-order chi connectivity index (χ0) is 13.1. The normalized spacial score (nSPS) is 13.8. The van der Waals surface area contributed by atoms with Gasteiger partial charge in [-0.25, -0.2) is 0 Å². The van der Waals surface area contributed by atoms with Crippen LogP contribution in [-0.4, -0.2) is 15.8 Å². The molecule has 0 saturated heterocycles. The Morgan fingerprint density at radius 1 is 1.39 bits per heavy atom. The maximum atomic E-state index is 9.89. The first-order valence-electron chi connectivity index (χ1n) is 6.03. The zero-order valence-electron chi connectivity index (χ0n) is 10.2. The van der Waals surface area contributed by atoms with Crippen molar-refractivity contribution in [3.05, 3.63) is 30.0 Å². The Labute approximate surface area is 105 Å². The van der Waals surface area contributed by atoms with Crippen LogP contribution in [0.5, 0.6) is 5.75 Å². The predicted molar refractivity (Wildman–Crippen MR) is 66.3 cm³/mol. The molecular weight excluding hydrogens is 230 g/mol. The molecule has 1 saturated carbocycles. The third-order valence-corrected chi connectivity index (χ3v) is 3.22. The number of hydrogen-bond donors (Lipinski definition) is 1. The van der Waals surface area contributed by atoms with E-state index in [0.717, 1.165) is 11.8 Å². The average molecular weight is 245 g/mol. The summed E-state index contributed by atoms with van der Waals surface area (Å²) >= 11 is 0. The first-order valence-corrected chi connectivity index (χ1v) is 6.03. The highest BCUT2D eigenvalue weighted by Gasteiger charge is 2.24. The molecule has 1 heterocycles. The summed E-state index contributed by atoms with van der Waals surface area (Å²) in [4.78, 5) is 16.2. The van der Waals surface area contributed by atoms with Gasteiger partial charge in [-0.3, -0.25) is 0 Å². The summed E-state index contributed by atoms with van der Waals surface area (Å²) in [6.07, 6.45) is 5.88. The Hall–Kier alpha value is -2.06. The molecule has 0 aliphatic heterocycles. The van der Waals surface area contributed by atoms with E-state index in [-0.39, 0.29) is 6.15 Å². The molecule has 4 heteroatoms. The maximum Gasteiger partial charge on any atom is 0.373 e. The minimum Gasteiger partial charge on any atom is -0.507 e. The number of rotatable bonds is 2. The highest BCUT2D eigenvalue weighted by Crippen LogP contribution is 2.39. The second kappa shape index (κ2) is 5.07. The molecule has 1 aromatic carbocycles. The molecular formula is C14H15NO3. The van der Waals surface area contributed by atoms with Gasteiger partial charge in [-0.15, -0.1) is 0 Å². The van der Waals surface area contributed by atoms with Crippen molar-refractivity contribution in [3.8, 4) is 5.75 Å². The molecule has 0 unspecified atom stereocenters. The van der Waals surface area contributed by atoms with Crippen LogP contribution in [0.2, 0.25) is 0 Å². The molecule has 1 aromatic heterocycles. The summed E-state index contributed by atoms with van der Waals surface area (Å²) in [5, 5.41) is 10.9. The van der Waals surface area contributed by atoms with Crippen LogP contribution < -0.4 is 0 Å². The lowest BCUT2D eigenvalue weighted by Crippen LogP contribution is -1.91. The van der Waals surface area contributed by atoms with E-state index in [1.54, 1.807) is 0 Å². The standard InChI is InChI=1S/C13H15NO.CO2/c1-2-9-7-12-11(13(15)8-9)5-6-14(12)10-3-4-10;2-1-3/h5-8,10,15H,2-4H2,1H3;. The molecule has 1 N–H and O–H groups in total. The van der Waals surface area contributed by atoms with Gasteiger partial charge in [-0.05, 0) is 43.0 Å². The van der Waals surface area contributed by atoms with Crippen molar-refractivity contribution in [2.75, 3.05) is 0 Å². The quantitative estimate of drug-likeness (QED) is 0.884. The number of phenolic OH excluding ortho intramolecular Hbond substituents is 1. The van der Waals surface area contributed by atoms with Gasteiger partial charge in [0.1, 0.15) is 5.75 Å². The van der Waals surface area contributed by atoms with Gasteiger partial charge < -0.3 is 9.67 Å². The SMILES string of the molecule is CCc1cc(O)c2ccn(C3CC3)c2c1.O=C=O. The van der Waals surface area contributed by atoms with Gasteiger partial charge in [0.2, 0.25) is 0 Å². The minimum absolute atomic E-state index is 0.250. The van der Waals surface area contributed by atoms with Crippen molar-refractivity contribution in [1.29, 1.82) is 0 Å². The Balaban J connectivity index is 0.000000367. The maximum absolute atomic E-state index is 9.89. The lowest BCUT2D eigenvalue weighted by atomic mass is 10.1. The largest absolute Gasteiger partial charge is 0.507 e. The van der Waals surface area contributed by atoms with Crippen LogP contribution in [0, 0.1) is 0 Å². The van der Waals surface area contributed by atoms with Crippen LogP contribution in [0.25, 0.3) is 10.9 Å². The number of aryl methyl sites for hydroxylation is 1. The fourth-order valence-electron chi connectivity index (χ4n) is 2.17. The smallest absolute Gasteiger partial charge is 0.373 e. The van der Waals surface area contributed by atoms with Crippen molar-refractivity contribution < 1.29 is 14.7 Å². The van der Waals surface area contributed by atoms with Gasteiger partial charge in [-0.1, -0.05) is 6.92 Å². The van der Waals surface area contributed by atoms with E-state index in [2.05, 4.69) is 23.8 Å². The highest BCUT2D eigenvalue weighted by atomic mass is 16.3. The summed E-state index contributed by atoms with van der Waals surface area (Å²) in [5.74, 6) is 0.420. The molecule has 0 bridgehead atoms. The van der Waals surface area contributed by atoms with E-state index < -0.39 is 0 Å². The highest BCUT2D eigenvalue weighted by molar-refractivity contribution is 5.87. The summed E-state index contributed by atoms with van der Waals surface area (Å²) in [6, 6.07) is 6.77. The van der Waals surface area contributed by atoms with Crippen LogP contribution >= 0.6 is 0 Å². The number of aromatic hydroxyl groups is 1. The molecule has 18 heavy (non-hydrogen) atoms. The van der Waals surface area contributed by atoms with E-state index in [1.165, 1.54) is 23.9 Å². The van der Waals surface area contributed by atoms with Gasteiger partial charge in [0.15, 0.2) is 0 Å². The van der Waals surface area contributed by atoms with Crippen LogP contribution in [0.3, 0.4) is 0 Å². The molecule has 0 amide bonds. The van der Waals surface area contributed by atoms with E-state index in [4.69, 9.17) is 9.59 Å². The number of fused-ring (bicyclic) bond motifs is 1. The predicted octanol–water partition coefficient (Wildman–Crippen LogP) is 2.66. The molecule has 0 atom stereocenters. The molecule has 1 fully saturated rings. The summed E-state index contributed by atoms with van der Waals surface area (Å²) in [7, 11) is 0. The van der Waals surface area contributed by atoms with Gasteiger partial charge in [0.05, 0.1) is 5.52 Å². The Bertz CT molecular complexity index is 590. The van der Waals surface area contributed by atoms with Crippen LogP contribution in [0.15, 0.2) is 24.4 Å². The van der Waals surface area contributed by atoms with Crippen molar-refractivity contribution >= 4 is 17.1 Å².